The maximum Gasteiger partial charge on any atom is 0.151 e. The summed E-state index contributed by atoms with van der Waals surface area (Å²) in [5.41, 5.74) is 0. The van der Waals surface area contributed by atoms with Crippen LogP contribution in [0.1, 0.15) is 26.7 Å². The number of hydrogen-bond donors (Lipinski definition) is 1. The molecule has 1 unspecified atom stereocenters. The van der Waals surface area contributed by atoms with Crippen molar-refractivity contribution in [1.29, 1.82) is 0 Å². The highest BCUT2D eigenvalue weighted by Crippen LogP contribution is 2.28. The van der Waals surface area contributed by atoms with Crippen LogP contribution in [0.3, 0.4) is 0 Å². The Bertz CT molecular complexity index is 383. The van der Waals surface area contributed by atoms with Crippen LogP contribution in [0.5, 0.6) is 0 Å². The monoisotopic (exact) mass is 268 g/mol. The van der Waals surface area contributed by atoms with Crippen LogP contribution in [-0.2, 0) is 0 Å². The standard InChI is InChI=1S/C13H21ClN4/c1-10(2)6-15-7-11-4-3-5-18(11)13-12(14)8-16-9-17-13/h8-11,15H,3-7H2,1-2H3. The first kappa shape index (κ1) is 13.6. The number of halogens is 1. The number of nitrogens with zero attached hydrogens (tertiary/aromatic N) is 3. The Labute approximate surface area is 114 Å². The number of aromatic nitrogens is 2. The van der Waals surface area contributed by atoms with Crippen LogP contribution in [0.25, 0.3) is 0 Å². The van der Waals surface area contributed by atoms with Crippen molar-refractivity contribution in [2.75, 3.05) is 24.5 Å². The van der Waals surface area contributed by atoms with E-state index in [4.69, 9.17) is 11.6 Å². The van der Waals surface area contributed by atoms with Crippen LogP contribution in [-0.4, -0.2) is 35.6 Å². The third-order valence-electron chi connectivity index (χ3n) is 3.23. The number of rotatable bonds is 5. The SMILES string of the molecule is CC(C)CNCC1CCCN1c1ncncc1Cl. The average molecular weight is 269 g/mol. The van der Waals surface area contributed by atoms with Gasteiger partial charge in [0.05, 0.1) is 6.20 Å². The first-order valence-corrected chi connectivity index (χ1v) is 6.99. The lowest BCUT2D eigenvalue weighted by Crippen LogP contribution is -2.39. The summed E-state index contributed by atoms with van der Waals surface area (Å²) >= 11 is 6.17. The summed E-state index contributed by atoms with van der Waals surface area (Å²) in [7, 11) is 0. The Morgan fingerprint density at radius 1 is 1.56 bits per heavy atom. The Morgan fingerprint density at radius 3 is 3.11 bits per heavy atom. The van der Waals surface area contributed by atoms with Crippen LogP contribution in [0.15, 0.2) is 12.5 Å². The van der Waals surface area contributed by atoms with Gasteiger partial charge in [-0.2, -0.15) is 0 Å². The normalized spacial score (nSPS) is 19.8. The second-order valence-electron chi connectivity index (χ2n) is 5.24. The predicted octanol–water partition coefficient (Wildman–Crippen LogP) is 2.34. The second-order valence-corrected chi connectivity index (χ2v) is 5.64. The zero-order valence-electron chi connectivity index (χ0n) is 11.1. The van der Waals surface area contributed by atoms with Crippen LogP contribution in [0.4, 0.5) is 5.82 Å². The lowest BCUT2D eigenvalue weighted by molar-refractivity contribution is 0.511. The Balaban J connectivity index is 1.97. The van der Waals surface area contributed by atoms with Crippen molar-refractivity contribution in [3.8, 4) is 0 Å². The van der Waals surface area contributed by atoms with E-state index < -0.39 is 0 Å². The molecule has 100 valence electrons. The topological polar surface area (TPSA) is 41.0 Å². The second kappa shape index (κ2) is 6.34. The Kier molecular flexibility index (Phi) is 4.78. The Morgan fingerprint density at radius 2 is 2.39 bits per heavy atom. The van der Waals surface area contributed by atoms with Crippen molar-refractivity contribution >= 4 is 17.4 Å². The highest BCUT2D eigenvalue weighted by molar-refractivity contribution is 6.32. The van der Waals surface area contributed by atoms with Gasteiger partial charge in [-0.25, -0.2) is 9.97 Å². The van der Waals surface area contributed by atoms with Crippen molar-refractivity contribution in [2.24, 2.45) is 5.92 Å². The molecule has 2 rings (SSSR count). The number of nitrogens with one attached hydrogen (secondary N) is 1. The van der Waals surface area contributed by atoms with Gasteiger partial charge in [0.1, 0.15) is 11.3 Å². The van der Waals surface area contributed by atoms with Gasteiger partial charge in [0.25, 0.3) is 0 Å². The highest BCUT2D eigenvalue weighted by Gasteiger charge is 2.26. The van der Waals surface area contributed by atoms with Gasteiger partial charge in [-0.3, -0.25) is 0 Å². The van der Waals surface area contributed by atoms with E-state index >= 15 is 0 Å². The summed E-state index contributed by atoms with van der Waals surface area (Å²) in [6, 6.07) is 0.496. The molecule has 0 radical (unpaired) electrons. The van der Waals surface area contributed by atoms with Gasteiger partial charge in [-0.15, -0.1) is 0 Å². The van der Waals surface area contributed by atoms with Gasteiger partial charge < -0.3 is 10.2 Å². The Hall–Kier alpha value is -0.870. The molecule has 1 aromatic heterocycles. The summed E-state index contributed by atoms with van der Waals surface area (Å²) in [5.74, 6) is 1.56. The first-order valence-electron chi connectivity index (χ1n) is 6.61. The molecule has 5 heteroatoms. The molecule has 0 spiro atoms. The molecule has 1 saturated heterocycles. The van der Waals surface area contributed by atoms with Crippen molar-refractivity contribution in [2.45, 2.75) is 32.7 Å². The van der Waals surface area contributed by atoms with Gasteiger partial charge >= 0.3 is 0 Å². The molecule has 1 aliphatic heterocycles. The zero-order chi connectivity index (χ0) is 13.0. The number of hydrogen-bond acceptors (Lipinski definition) is 4. The third-order valence-corrected chi connectivity index (χ3v) is 3.50. The lowest BCUT2D eigenvalue weighted by Gasteiger charge is -2.26. The molecule has 0 saturated carbocycles. The minimum absolute atomic E-state index is 0.496. The molecule has 0 bridgehead atoms. The largest absolute Gasteiger partial charge is 0.351 e. The minimum atomic E-state index is 0.496. The lowest BCUT2D eigenvalue weighted by atomic mass is 10.2. The van der Waals surface area contributed by atoms with E-state index in [-0.39, 0.29) is 0 Å². The molecule has 1 N–H and O–H groups in total. The smallest absolute Gasteiger partial charge is 0.151 e. The molecule has 1 atom stereocenters. The fourth-order valence-corrected chi connectivity index (χ4v) is 2.60. The summed E-state index contributed by atoms with van der Waals surface area (Å²) in [6.45, 7) is 7.53. The summed E-state index contributed by atoms with van der Waals surface area (Å²) in [6.07, 6.45) is 5.64. The van der Waals surface area contributed by atoms with Crippen LogP contribution in [0, 0.1) is 5.92 Å². The molecular formula is C13H21ClN4. The fraction of sp³-hybridized carbons (Fsp3) is 0.692. The fourth-order valence-electron chi connectivity index (χ4n) is 2.38. The van der Waals surface area contributed by atoms with E-state index in [0.717, 1.165) is 25.5 Å². The van der Waals surface area contributed by atoms with Crippen molar-refractivity contribution in [1.82, 2.24) is 15.3 Å². The average Bonchev–Trinajstić information content (AvgIpc) is 2.77. The van der Waals surface area contributed by atoms with Gasteiger partial charge in [-0.1, -0.05) is 25.4 Å². The van der Waals surface area contributed by atoms with E-state index in [1.54, 1.807) is 12.5 Å². The molecule has 0 aliphatic carbocycles. The van der Waals surface area contributed by atoms with Gasteiger partial charge in [0.15, 0.2) is 5.82 Å². The van der Waals surface area contributed by atoms with E-state index in [1.807, 2.05) is 0 Å². The summed E-state index contributed by atoms with van der Waals surface area (Å²) < 4.78 is 0. The molecule has 1 fully saturated rings. The van der Waals surface area contributed by atoms with E-state index in [2.05, 4.69) is 34.0 Å². The third kappa shape index (κ3) is 3.33. The van der Waals surface area contributed by atoms with E-state index in [9.17, 15) is 0 Å². The molecular weight excluding hydrogens is 248 g/mol. The van der Waals surface area contributed by atoms with Crippen LogP contribution in [0.2, 0.25) is 5.02 Å². The number of anilines is 1. The van der Waals surface area contributed by atoms with Crippen LogP contribution < -0.4 is 10.2 Å². The van der Waals surface area contributed by atoms with Gasteiger partial charge in [-0.05, 0) is 25.3 Å². The molecule has 0 aromatic carbocycles. The molecule has 1 aromatic rings. The molecule has 1 aliphatic rings. The van der Waals surface area contributed by atoms with Crippen molar-refractivity contribution in [3.05, 3.63) is 17.5 Å². The van der Waals surface area contributed by atoms with Crippen LogP contribution >= 0.6 is 11.6 Å². The summed E-state index contributed by atoms with van der Waals surface area (Å²) in [4.78, 5) is 10.6. The van der Waals surface area contributed by atoms with Crippen molar-refractivity contribution < 1.29 is 0 Å². The maximum absolute atomic E-state index is 6.17. The van der Waals surface area contributed by atoms with E-state index in [0.29, 0.717) is 17.0 Å². The van der Waals surface area contributed by atoms with Gasteiger partial charge in [0, 0.05) is 19.1 Å². The molecule has 18 heavy (non-hydrogen) atoms. The van der Waals surface area contributed by atoms with E-state index in [1.165, 1.54) is 12.8 Å². The molecule has 0 amide bonds. The maximum atomic E-state index is 6.17. The van der Waals surface area contributed by atoms with Crippen molar-refractivity contribution in [3.63, 3.8) is 0 Å². The quantitative estimate of drug-likeness (QED) is 0.890. The molecule has 4 nitrogen and oxygen atoms in total. The minimum Gasteiger partial charge on any atom is -0.351 e. The summed E-state index contributed by atoms with van der Waals surface area (Å²) in [5, 5.41) is 4.16. The molecule has 2 heterocycles. The predicted molar refractivity (Wildman–Crippen MR) is 75.1 cm³/mol. The highest BCUT2D eigenvalue weighted by atomic mass is 35.5. The first-order chi connectivity index (χ1) is 8.68. The zero-order valence-corrected chi connectivity index (χ0v) is 11.8. The van der Waals surface area contributed by atoms with Gasteiger partial charge in [0.2, 0.25) is 0 Å².